The largest absolute Gasteiger partial charge is 0.396 e. The second-order valence-electron chi connectivity index (χ2n) is 9.86. The van der Waals surface area contributed by atoms with Crippen molar-refractivity contribution < 1.29 is 9.90 Å². The number of piperidine rings is 1. The third kappa shape index (κ3) is 14.1. The van der Waals surface area contributed by atoms with Gasteiger partial charge in [-0.1, -0.05) is 103 Å². The van der Waals surface area contributed by atoms with Gasteiger partial charge in [0.2, 0.25) is 0 Å². The Bertz CT molecular complexity index is 414. The zero-order valence-corrected chi connectivity index (χ0v) is 21.1. The minimum atomic E-state index is 0.166. The minimum Gasteiger partial charge on any atom is -0.396 e. The SMILES string of the molecule is CCCCCCCCCCCCCCCCCCN(C)C(=O)N1CCCCC1CCO. The minimum absolute atomic E-state index is 0.166. The van der Waals surface area contributed by atoms with E-state index in [0.717, 1.165) is 38.8 Å². The van der Waals surface area contributed by atoms with E-state index in [9.17, 15) is 9.90 Å². The number of unbranched alkanes of at least 4 members (excludes halogenated alkanes) is 15. The number of likely N-dealkylation sites (tertiary alicyclic amines) is 1. The summed E-state index contributed by atoms with van der Waals surface area (Å²) in [5.74, 6) is 0. The van der Waals surface area contributed by atoms with Gasteiger partial charge in [-0.05, 0) is 32.1 Å². The second-order valence-corrected chi connectivity index (χ2v) is 9.86. The molecule has 4 nitrogen and oxygen atoms in total. The average molecular weight is 439 g/mol. The summed E-state index contributed by atoms with van der Waals surface area (Å²) in [4.78, 5) is 16.7. The highest BCUT2D eigenvalue weighted by atomic mass is 16.3. The first-order chi connectivity index (χ1) is 15.2. The summed E-state index contributed by atoms with van der Waals surface area (Å²) < 4.78 is 0. The molecule has 0 aliphatic carbocycles. The lowest BCUT2D eigenvalue weighted by atomic mass is 10.00. The van der Waals surface area contributed by atoms with E-state index in [-0.39, 0.29) is 18.7 Å². The number of hydrogen-bond acceptors (Lipinski definition) is 2. The van der Waals surface area contributed by atoms with Crippen molar-refractivity contribution in [3.63, 3.8) is 0 Å². The second kappa shape index (κ2) is 19.9. The topological polar surface area (TPSA) is 43.8 Å². The Hall–Kier alpha value is -0.770. The van der Waals surface area contributed by atoms with Gasteiger partial charge in [-0.2, -0.15) is 0 Å². The molecule has 1 unspecified atom stereocenters. The molecule has 0 radical (unpaired) electrons. The molecule has 1 aliphatic rings. The average Bonchev–Trinajstić information content (AvgIpc) is 2.78. The third-order valence-electron chi connectivity index (χ3n) is 7.01. The molecular formula is C27H54N2O2. The highest BCUT2D eigenvalue weighted by Crippen LogP contribution is 2.21. The van der Waals surface area contributed by atoms with Gasteiger partial charge in [0, 0.05) is 32.8 Å². The Morgan fingerprint density at radius 2 is 1.29 bits per heavy atom. The molecule has 31 heavy (non-hydrogen) atoms. The first-order valence-corrected chi connectivity index (χ1v) is 13.8. The van der Waals surface area contributed by atoms with Gasteiger partial charge < -0.3 is 14.9 Å². The summed E-state index contributed by atoms with van der Waals surface area (Å²) in [7, 11) is 1.94. The molecule has 1 atom stereocenters. The van der Waals surface area contributed by atoms with Crippen LogP contribution in [0.25, 0.3) is 0 Å². The van der Waals surface area contributed by atoms with Crippen LogP contribution in [0.1, 0.15) is 135 Å². The highest BCUT2D eigenvalue weighted by Gasteiger charge is 2.27. The Morgan fingerprint density at radius 3 is 1.77 bits per heavy atom. The fraction of sp³-hybridized carbons (Fsp3) is 0.963. The normalized spacial score (nSPS) is 16.6. The molecule has 0 aromatic heterocycles. The van der Waals surface area contributed by atoms with Crippen LogP contribution in [0, 0.1) is 0 Å². The van der Waals surface area contributed by atoms with Gasteiger partial charge >= 0.3 is 6.03 Å². The maximum atomic E-state index is 12.7. The Morgan fingerprint density at radius 1 is 0.806 bits per heavy atom. The predicted octanol–water partition coefficient (Wildman–Crippen LogP) is 7.54. The van der Waals surface area contributed by atoms with Gasteiger partial charge in [-0.15, -0.1) is 0 Å². The molecule has 1 heterocycles. The van der Waals surface area contributed by atoms with Crippen molar-refractivity contribution in [1.82, 2.24) is 9.80 Å². The predicted molar refractivity (Wildman–Crippen MR) is 134 cm³/mol. The molecule has 1 rings (SSSR count). The van der Waals surface area contributed by atoms with Crippen molar-refractivity contribution in [3.05, 3.63) is 0 Å². The number of rotatable bonds is 19. The van der Waals surface area contributed by atoms with Crippen LogP contribution in [0.2, 0.25) is 0 Å². The number of hydrogen-bond donors (Lipinski definition) is 1. The maximum absolute atomic E-state index is 12.7. The number of nitrogens with zero attached hydrogens (tertiary/aromatic N) is 2. The zero-order valence-electron chi connectivity index (χ0n) is 21.1. The molecule has 0 spiro atoms. The lowest BCUT2D eigenvalue weighted by Crippen LogP contribution is -2.49. The molecule has 0 aromatic carbocycles. The van der Waals surface area contributed by atoms with Crippen molar-refractivity contribution in [3.8, 4) is 0 Å². The Labute approximate surface area is 194 Å². The van der Waals surface area contributed by atoms with Crippen LogP contribution < -0.4 is 0 Å². The monoisotopic (exact) mass is 438 g/mol. The van der Waals surface area contributed by atoms with E-state index in [1.165, 1.54) is 103 Å². The number of amides is 2. The van der Waals surface area contributed by atoms with Gasteiger partial charge in [0.1, 0.15) is 0 Å². The van der Waals surface area contributed by atoms with Crippen LogP contribution in [0.3, 0.4) is 0 Å². The lowest BCUT2D eigenvalue weighted by Gasteiger charge is -2.38. The maximum Gasteiger partial charge on any atom is 0.319 e. The van der Waals surface area contributed by atoms with Crippen LogP contribution in [0.4, 0.5) is 4.79 Å². The van der Waals surface area contributed by atoms with Crippen molar-refractivity contribution >= 4 is 6.03 Å². The summed E-state index contributed by atoms with van der Waals surface area (Å²) in [5, 5.41) is 9.26. The van der Waals surface area contributed by atoms with Gasteiger partial charge in [-0.3, -0.25) is 0 Å². The highest BCUT2D eigenvalue weighted by molar-refractivity contribution is 5.74. The molecule has 1 fully saturated rings. The van der Waals surface area contributed by atoms with Crippen molar-refractivity contribution in [1.29, 1.82) is 0 Å². The zero-order chi connectivity index (χ0) is 22.6. The van der Waals surface area contributed by atoms with Crippen molar-refractivity contribution in [2.75, 3.05) is 26.7 Å². The van der Waals surface area contributed by atoms with Gasteiger partial charge in [0.05, 0.1) is 0 Å². The van der Waals surface area contributed by atoms with E-state index < -0.39 is 0 Å². The summed E-state index contributed by atoms with van der Waals surface area (Å²) >= 11 is 0. The summed E-state index contributed by atoms with van der Waals surface area (Å²) in [6.45, 7) is 4.18. The molecule has 4 heteroatoms. The third-order valence-corrected chi connectivity index (χ3v) is 7.01. The summed E-state index contributed by atoms with van der Waals surface area (Å²) in [6.07, 6.45) is 26.1. The van der Waals surface area contributed by atoms with E-state index >= 15 is 0 Å². The Balaban J connectivity index is 1.90. The van der Waals surface area contributed by atoms with E-state index in [4.69, 9.17) is 0 Å². The van der Waals surface area contributed by atoms with Crippen LogP contribution in [0.15, 0.2) is 0 Å². The van der Waals surface area contributed by atoms with Crippen molar-refractivity contribution in [2.45, 2.75) is 141 Å². The number of carbonyl (C=O) groups is 1. The smallest absolute Gasteiger partial charge is 0.319 e. The van der Waals surface area contributed by atoms with E-state index in [0.29, 0.717) is 0 Å². The standard InChI is InChI=1S/C27H54N2O2/c1-3-4-5-6-7-8-9-10-11-12-13-14-15-16-17-19-23-28(2)27(31)29-24-20-18-21-26(29)22-25-30/h26,30H,3-25H2,1-2H3. The van der Waals surface area contributed by atoms with Crippen molar-refractivity contribution in [2.24, 2.45) is 0 Å². The van der Waals surface area contributed by atoms with Crippen LogP contribution in [-0.4, -0.2) is 53.7 Å². The summed E-state index contributed by atoms with van der Waals surface area (Å²) in [6, 6.07) is 0.401. The number of carbonyl (C=O) groups excluding carboxylic acids is 1. The molecule has 0 saturated carbocycles. The molecule has 2 amide bonds. The van der Waals surface area contributed by atoms with Gasteiger partial charge in [-0.25, -0.2) is 4.79 Å². The fourth-order valence-corrected chi connectivity index (χ4v) is 4.91. The molecule has 1 N–H and O–H groups in total. The van der Waals surface area contributed by atoms with Crippen LogP contribution in [-0.2, 0) is 0 Å². The first-order valence-electron chi connectivity index (χ1n) is 13.8. The van der Waals surface area contributed by atoms with Gasteiger partial charge in [0.15, 0.2) is 0 Å². The molecule has 0 bridgehead atoms. The van der Waals surface area contributed by atoms with Gasteiger partial charge in [0.25, 0.3) is 0 Å². The number of aliphatic hydroxyl groups is 1. The first kappa shape index (κ1) is 28.3. The van der Waals surface area contributed by atoms with E-state index in [2.05, 4.69) is 6.92 Å². The molecule has 1 saturated heterocycles. The Kier molecular flexibility index (Phi) is 18.1. The molecule has 1 aliphatic heterocycles. The number of urea groups is 1. The number of aliphatic hydroxyl groups excluding tert-OH is 1. The molecular weight excluding hydrogens is 384 g/mol. The molecule has 0 aromatic rings. The van der Waals surface area contributed by atoms with E-state index in [1.54, 1.807) is 0 Å². The van der Waals surface area contributed by atoms with Crippen LogP contribution >= 0.6 is 0 Å². The summed E-state index contributed by atoms with van der Waals surface area (Å²) in [5.41, 5.74) is 0. The fourth-order valence-electron chi connectivity index (χ4n) is 4.91. The molecule has 184 valence electrons. The van der Waals surface area contributed by atoms with E-state index in [1.807, 2.05) is 16.8 Å². The quantitative estimate of drug-likeness (QED) is 0.212. The lowest BCUT2D eigenvalue weighted by molar-refractivity contribution is 0.108. The van der Waals surface area contributed by atoms with Crippen LogP contribution in [0.5, 0.6) is 0 Å².